The molecule has 0 bridgehead atoms. The molecule has 1 saturated heterocycles. The highest BCUT2D eigenvalue weighted by Crippen LogP contribution is 2.21. The molecule has 33 heavy (non-hydrogen) atoms. The molecule has 2 aromatic carbocycles. The number of aromatic nitrogens is 1. The summed E-state index contributed by atoms with van der Waals surface area (Å²) in [5, 5.41) is 9.27. The number of pyridine rings is 1. The van der Waals surface area contributed by atoms with Crippen LogP contribution in [-0.2, 0) is 10.0 Å². The molecule has 2 heterocycles. The summed E-state index contributed by atoms with van der Waals surface area (Å²) >= 11 is 0. The van der Waals surface area contributed by atoms with Gasteiger partial charge in [0.05, 0.1) is 16.1 Å². The van der Waals surface area contributed by atoms with E-state index in [-0.39, 0.29) is 16.5 Å². The van der Waals surface area contributed by atoms with Crippen molar-refractivity contribution in [3.63, 3.8) is 0 Å². The average Bonchev–Trinajstić information content (AvgIpc) is 2.85. The lowest BCUT2D eigenvalue weighted by Crippen LogP contribution is -2.49. The first-order valence-corrected chi connectivity index (χ1v) is 11.6. The molecular weight excluding hydrogens is 445 g/mol. The standard InChI is InChI=1S/C23H20FN5O3S/c24-20-5-1-2-6-21(20)27-33(31,32)19-9-7-17(8-10-19)23(30)29-14-12-28(13-15-29)22-18(16-25)4-3-11-26-22/h1-11,27H,12-15H2. The number of benzene rings is 2. The van der Waals surface area contributed by atoms with E-state index < -0.39 is 15.8 Å². The molecule has 1 aliphatic rings. The molecule has 0 saturated carbocycles. The van der Waals surface area contributed by atoms with Crippen molar-refractivity contribution in [3.8, 4) is 6.07 Å². The van der Waals surface area contributed by atoms with Crippen molar-refractivity contribution >= 4 is 27.4 Å². The van der Waals surface area contributed by atoms with E-state index >= 15 is 0 Å². The van der Waals surface area contributed by atoms with Gasteiger partial charge in [0.25, 0.3) is 15.9 Å². The fourth-order valence-electron chi connectivity index (χ4n) is 3.56. The summed E-state index contributed by atoms with van der Waals surface area (Å²) in [6.45, 7) is 1.93. The van der Waals surface area contributed by atoms with Crippen molar-refractivity contribution in [3.05, 3.63) is 83.8 Å². The lowest BCUT2D eigenvalue weighted by Gasteiger charge is -2.35. The Kier molecular flexibility index (Phi) is 6.24. The zero-order valence-electron chi connectivity index (χ0n) is 17.5. The van der Waals surface area contributed by atoms with Gasteiger partial charge in [-0.05, 0) is 48.5 Å². The number of hydrogen-bond donors (Lipinski definition) is 1. The molecule has 0 spiro atoms. The lowest BCUT2D eigenvalue weighted by atomic mass is 10.1. The molecule has 1 amide bonds. The molecule has 8 nitrogen and oxygen atoms in total. The second-order valence-electron chi connectivity index (χ2n) is 7.38. The van der Waals surface area contributed by atoms with Crippen LogP contribution in [0, 0.1) is 17.1 Å². The van der Waals surface area contributed by atoms with Crippen LogP contribution in [0.1, 0.15) is 15.9 Å². The van der Waals surface area contributed by atoms with Gasteiger partial charge in [-0.25, -0.2) is 17.8 Å². The second-order valence-corrected chi connectivity index (χ2v) is 9.06. The lowest BCUT2D eigenvalue weighted by molar-refractivity contribution is 0.0746. The van der Waals surface area contributed by atoms with Gasteiger partial charge in [-0.2, -0.15) is 5.26 Å². The topological polar surface area (TPSA) is 106 Å². The molecule has 0 atom stereocenters. The number of sulfonamides is 1. The maximum Gasteiger partial charge on any atom is 0.261 e. The predicted molar refractivity (Wildman–Crippen MR) is 121 cm³/mol. The van der Waals surface area contributed by atoms with E-state index in [2.05, 4.69) is 15.8 Å². The minimum absolute atomic E-state index is 0.0775. The third-order valence-electron chi connectivity index (χ3n) is 5.30. The summed E-state index contributed by atoms with van der Waals surface area (Å²) in [7, 11) is -4.00. The Morgan fingerprint density at radius 1 is 1.00 bits per heavy atom. The van der Waals surface area contributed by atoms with Gasteiger partial charge < -0.3 is 9.80 Å². The molecule has 168 valence electrons. The van der Waals surface area contributed by atoms with E-state index in [1.165, 1.54) is 42.5 Å². The first-order valence-electron chi connectivity index (χ1n) is 10.2. The van der Waals surface area contributed by atoms with E-state index in [1.807, 2.05) is 4.90 Å². The van der Waals surface area contributed by atoms with E-state index in [9.17, 15) is 22.9 Å². The molecule has 3 aromatic rings. The van der Waals surface area contributed by atoms with Crippen LogP contribution >= 0.6 is 0 Å². The zero-order chi connectivity index (χ0) is 23.4. The monoisotopic (exact) mass is 465 g/mol. The summed E-state index contributed by atoms with van der Waals surface area (Å²) in [5.74, 6) is -0.300. The van der Waals surface area contributed by atoms with Crippen LogP contribution in [0.2, 0.25) is 0 Å². The van der Waals surface area contributed by atoms with Crippen molar-refractivity contribution in [1.29, 1.82) is 5.26 Å². The highest BCUT2D eigenvalue weighted by Gasteiger charge is 2.25. The number of para-hydroxylation sites is 1. The number of anilines is 2. The Hall–Kier alpha value is -3.97. The van der Waals surface area contributed by atoms with Gasteiger partial charge in [0, 0.05) is 37.9 Å². The van der Waals surface area contributed by atoms with Gasteiger partial charge in [0.15, 0.2) is 0 Å². The number of piperazine rings is 1. The molecule has 0 radical (unpaired) electrons. The molecule has 1 aromatic heterocycles. The smallest absolute Gasteiger partial charge is 0.261 e. The fraction of sp³-hybridized carbons (Fsp3) is 0.174. The number of rotatable bonds is 5. The maximum absolute atomic E-state index is 13.8. The Balaban J connectivity index is 1.42. The minimum Gasteiger partial charge on any atom is -0.352 e. The van der Waals surface area contributed by atoms with Crippen LogP contribution in [0.25, 0.3) is 0 Å². The number of carbonyl (C=O) groups excluding carboxylic acids is 1. The summed E-state index contributed by atoms with van der Waals surface area (Å²) in [6.07, 6.45) is 1.63. The van der Waals surface area contributed by atoms with E-state index in [0.717, 1.165) is 6.07 Å². The molecule has 0 unspecified atom stereocenters. The van der Waals surface area contributed by atoms with Gasteiger partial charge in [-0.1, -0.05) is 12.1 Å². The number of nitriles is 1. The number of amides is 1. The number of carbonyl (C=O) groups is 1. The minimum atomic E-state index is -4.00. The third-order valence-corrected chi connectivity index (χ3v) is 6.68. The van der Waals surface area contributed by atoms with Crippen molar-refractivity contribution in [2.75, 3.05) is 35.8 Å². The summed E-state index contributed by atoms with van der Waals surface area (Å²) in [5.41, 5.74) is 0.685. The van der Waals surface area contributed by atoms with Crippen molar-refractivity contribution in [1.82, 2.24) is 9.88 Å². The number of nitrogens with zero attached hydrogens (tertiary/aromatic N) is 4. The van der Waals surface area contributed by atoms with Gasteiger partial charge in [0.2, 0.25) is 0 Å². The van der Waals surface area contributed by atoms with Gasteiger partial charge >= 0.3 is 0 Å². The average molecular weight is 466 g/mol. The van der Waals surface area contributed by atoms with Gasteiger partial charge in [0.1, 0.15) is 17.7 Å². The molecule has 1 aliphatic heterocycles. The molecule has 4 rings (SSSR count). The van der Waals surface area contributed by atoms with Gasteiger partial charge in [-0.3, -0.25) is 9.52 Å². The predicted octanol–water partition coefficient (Wildman–Crippen LogP) is 2.86. The van der Waals surface area contributed by atoms with Crippen molar-refractivity contribution in [2.45, 2.75) is 4.90 Å². The van der Waals surface area contributed by atoms with E-state index in [1.54, 1.807) is 23.2 Å². The molecular formula is C23H20FN5O3S. The second kappa shape index (κ2) is 9.26. The SMILES string of the molecule is N#Cc1cccnc1N1CCN(C(=O)c2ccc(S(=O)(=O)Nc3ccccc3F)cc2)CC1. The van der Waals surface area contributed by atoms with Crippen molar-refractivity contribution in [2.24, 2.45) is 0 Å². The molecule has 10 heteroatoms. The molecule has 1 fully saturated rings. The van der Waals surface area contributed by atoms with Crippen molar-refractivity contribution < 1.29 is 17.6 Å². The first kappa shape index (κ1) is 22.2. The Morgan fingerprint density at radius 3 is 2.36 bits per heavy atom. The maximum atomic E-state index is 13.8. The van der Waals surface area contributed by atoms with E-state index in [0.29, 0.717) is 43.1 Å². The van der Waals surface area contributed by atoms with Crippen LogP contribution in [0.4, 0.5) is 15.9 Å². The Morgan fingerprint density at radius 2 is 1.70 bits per heavy atom. The number of nitrogens with one attached hydrogen (secondary N) is 1. The number of halogens is 1. The van der Waals surface area contributed by atoms with Crippen LogP contribution in [0.15, 0.2) is 71.8 Å². The Labute approximate surface area is 190 Å². The summed E-state index contributed by atoms with van der Waals surface area (Å²) in [4.78, 5) is 20.7. The third kappa shape index (κ3) is 4.78. The van der Waals surface area contributed by atoms with Crippen LogP contribution in [-0.4, -0.2) is 50.4 Å². The first-order chi connectivity index (χ1) is 15.9. The highest BCUT2D eigenvalue weighted by atomic mass is 32.2. The van der Waals surface area contributed by atoms with Crippen LogP contribution in [0.5, 0.6) is 0 Å². The highest BCUT2D eigenvalue weighted by molar-refractivity contribution is 7.92. The zero-order valence-corrected chi connectivity index (χ0v) is 18.3. The fourth-order valence-corrected chi connectivity index (χ4v) is 4.63. The summed E-state index contributed by atoms with van der Waals surface area (Å²) < 4.78 is 41.1. The van der Waals surface area contributed by atoms with Gasteiger partial charge in [-0.15, -0.1) is 0 Å². The van der Waals surface area contributed by atoms with E-state index in [4.69, 9.17) is 0 Å². The largest absolute Gasteiger partial charge is 0.352 e. The molecule has 0 aliphatic carbocycles. The quantitative estimate of drug-likeness (QED) is 0.621. The normalized spacial score (nSPS) is 13.9. The number of hydrogen-bond acceptors (Lipinski definition) is 6. The van der Waals surface area contributed by atoms with Crippen LogP contribution < -0.4 is 9.62 Å². The Bertz CT molecular complexity index is 1310. The van der Waals surface area contributed by atoms with Crippen LogP contribution in [0.3, 0.4) is 0 Å². The molecule has 1 N–H and O–H groups in total. The summed E-state index contributed by atoms with van der Waals surface area (Å²) in [6, 6.07) is 16.5.